The van der Waals surface area contributed by atoms with Crippen LogP contribution in [0.4, 0.5) is 0 Å². The van der Waals surface area contributed by atoms with Crippen molar-refractivity contribution in [1.29, 1.82) is 0 Å². The van der Waals surface area contributed by atoms with Gasteiger partial charge in [0.2, 0.25) is 5.78 Å². The second-order valence-corrected chi connectivity index (χ2v) is 25.0. The van der Waals surface area contributed by atoms with Gasteiger partial charge >= 0.3 is 13.8 Å². The van der Waals surface area contributed by atoms with Crippen LogP contribution in [-0.2, 0) is 50.9 Å². The number of unbranched alkanes of at least 4 members (excludes halogenated alkanes) is 4. The van der Waals surface area contributed by atoms with Gasteiger partial charge in [0, 0.05) is 48.5 Å². The van der Waals surface area contributed by atoms with Crippen LogP contribution in [0.15, 0.2) is 96.9 Å². The van der Waals surface area contributed by atoms with Crippen molar-refractivity contribution < 1.29 is 84.2 Å². The fourth-order valence-corrected chi connectivity index (χ4v) is 14.9. The average Bonchev–Trinajstić information content (AvgIpc) is 3.44. The number of carbonyl (C=O) groups excluding carboxylic acids is 4. The largest absolute Gasteiger partial charge is 1.00 e. The van der Waals surface area contributed by atoms with Gasteiger partial charge in [0.05, 0.1) is 23.9 Å². The molecule has 3 aromatic rings. The van der Waals surface area contributed by atoms with Gasteiger partial charge in [0.1, 0.15) is 17.4 Å². The lowest BCUT2D eigenvalue weighted by atomic mass is 9.46. The second kappa shape index (κ2) is 27.4. The van der Waals surface area contributed by atoms with Crippen molar-refractivity contribution >= 4 is 31.3 Å². The highest BCUT2D eigenvalue weighted by Crippen LogP contribution is 2.70. The molecule has 2 aromatic carbocycles. The molecule has 9 rings (SSSR count). The van der Waals surface area contributed by atoms with Crippen molar-refractivity contribution in [2.45, 2.75) is 166 Å². The van der Waals surface area contributed by atoms with Crippen molar-refractivity contribution in [1.82, 2.24) is 10.6 Å². The number of phosphoric acid groups is 1. The molecule has 0 spiro atoms. The molecular weight excluding hydrogens is 1080 g/mol. The van der Waals surface area contributed by atoms with Crippen LogP contribution in [0.3, 0.4) is 0 Å². The number of halogens is 1. The summed E-state index contributed by atoms with van der Waals surface area (Å²) in [5, 5.41) is 29.4. The molecule has 1 unspecified atom stereocenters. The standard InChI is InChI=1S/C62H82N3O14P.ClH/c1-41(58(71)76-40-54(69)62-55(77-59(78-62)43-20-10-7-11-21-43)35-50-49-25-24-47-34-48(66)27-28-60(47,2)56(49)51(67)36-61(50,62)3)64-57(70)45-22-16-30-65(38-45)39-46-33-44(23-26-53(46)79-80(72,73)74)52(68)37-63-29-13-4-5-14-31-75-32-15-12-19-42-17-8-6-9-18-42;/h6,8-9,16-18,22-23,26-28,30,33-34,38,41,43,49-52,55-56,59,63,67-68H,4-5,7,10-15,19-21,24-25,29,31-32,35-37,39-40H2,1-3H3,(H2-,64,70,72,73,74);1H/t41-,49+,50+,51+,52?,55-,56-,59-,60+,61+,62-;/m1./s1. The smallest absolute Gasteiger partial charge is 0.524 e. The van der Waals surface area contributed by atoms with Crippen LogP contribution in [0.1, 0.15) is 150 Å². The minimum absolute atomic E-state index is 0. The van der Waals surface area contributed by atoms with Crippen LogP contribution in [0.5, 0.6) is 5.75 Å². The molecule has 81 heavy (non-hydrogen) atoms. The number of phosphoric ester groups is 1. The number of pyridine rings is 1. The van der Waals surface area contributed by atoms with Gasteiger partial charge < -0.3 is 56.7 Å². The fraction of sp³-hybridized carbons (Fsp3) is 0.597. The number of carbonyl (C=O) groups is 4. The number of aromatic nitrogens is 1. The minimum atomic E-state index is -4.98. The van der Waals surface area contributed by atoms with Gasteiger partial charge in [-0.25, -0.2) is 9.36 Å². The number of nitrogens with zero attached hydrogens (tertiary/aromatic N) is 1. The summed E-state index contributed by atoms with van der Waals surface area (Å²) in [6.07, 6.45) is 20.0. The van der Waals surface area contributed by atoms with Crippen molar-refractivity contribution in [3.63, 3.8) is 0 Å². The van der Waals surface area contributed by atoms with Crippen LogP contribution in [0, 0.1) is 34.5 Å². The molecule has 442 valence electrons. The molecule has 19 heteroatoms. The van der Waals surface area contributed by atoms with Crippen LogP contribution in [0.2, 0.25) is 0 Å². The number of aliphatic hydroxyl groups is 2. The van der Waals surface area contributed by atoms with Crippen LogP contribution in [-0.4, -0.2) is 106 Å². The zero-order chi connectivity index (χ0) is 56.7. The number of esters is 1. The van der Waals surface area contributed by atoms with Gasteiger partial charge in [-0.1, -0.05) is 94.0 Å². The lowest BCUT2D eigenvalue weighted by molar-refractivity contribution is -0.688. The fourth-order valence-electron chi connectivity index (χ4n) is 14.5. The maximum Gasteiger partial charge on any atom is 0.524 e. The molecule has 0 bridgehead atoms. The number of rotatable bonds is 26. The maximum absolute atomic E-state index is 15.0. The topological polar surface area (TPSA) is 240 Å². The van der Waals surface area contributed by atoms with E-state index >= 15 is 4.79 Å². The number of Topliss-reactive ketones (excluding diaryl/α,β-unsaturated/α-hetero) is 1. The number of fused-ring (bicyclic) bond motifs is 7. The number of aryl methyl sites for hydroxylation is 1. The summed E-state index contributed by atoms with van der Waals surface area (Å²) in [6.45, 7) is 7.43. The number of hydrogen-bond acceptors (Lipinski definition) is 13. The Balaban J connectivity index is 0.00000860. The van der Waals surface area contributed by atoms with Gasteiger partial charge in [0.25, 0.3) is 5.91 Å². The van der Waals surface area contributed by atoms with Gasteiger partial charge in [-0.15, -0.1) is 0 Å². The number of benzene rings is 2. The number of allylic oxidation sites excluding steroid dienone is 4. The van der Waals surface area contributed by atoms with E-state index in [-0.39, 0.29) is 72.7 Å². The maximum atomic E-state index is 15.0. The monoisotopic (exact) mass is 1160 g/mol. The SMILES string of the molecule is C[C@@H](NC(=O)c1ccc[n+](Cc2cc(C(O)CNCCCCCCOCCCCc3ccccc3)ccc2OP(=O)(O)O)c1)C(=O)OCC(=O)[C@@]12O[C@H](C3CCCCC3)O[C@@H]1C[C@H]1[C@@H]3CCC4=CC(=O)C=C[C@]4(C)[C@H]3[C@@H](O)C[C@@]12C.[Cl-]. The van der Waals surface area contributed by atoms with Crippen LogP contribution in [0.25, 0.3) is 0 Å². The summed E-state index contributed by atoms with van der Waals surface area (Å²) < 4.78 is 44.1. The van der Waals surface area contributed by atoms with Gasteiger partial charge in [-0.05, 0) is 137 Å². The highest BCUT2D eigenvalue weighted by molar-refractivity contribution is 7.46. The predicted octanol–water partition coefficient (Wildman–Crippen LogP) is 4.90. The normalized spacial score (nSPS) is 28.5. The molecule has 17 nitrogen and oxygen atoms in total. The number of ketones is 2. The summed E-state index contributed by atoms with van der Waals surface area (Å²) in [5.41, 5.74) is 0.515. The van der Waals surface area contributed by atoms with Gasteiger partial charge in [0.15, 0.2) is 43.2 Å². The first-order chi connectivity index (χ1) is 38.4. The molecule has 4 saturated carbocycles. The highest BCUT2D eigenvalue weighted by atomic mass is 35.5. The van der Waals surface area contributed by atoms with E-state index < -0.39 is 79.2 Å². The first-order valence-electron chi connectivity index (χ1n) is 29.2. The van der Waals surface area contributed by atoms with E-state index in [9.17, 15) is 38.9 Å². The van der Waals surface area contributed by atoms with E-state index in [1.807, 2.05) is 19.1 Å². The summed E-state index contributed by atoms with van der Waals surface area (Å²) in [4.78, 5) is 74.5. The van der Waals surface area contributed by atoms with E-state index in [2.05, 4.69) is 41.8 Å². The first kappa shape index (κ1) is 62.4. The molecule has 0 radical (unpaired) electrons. The van der Waals surface area contributed by atoms with Gasteiger partial charge in [-0.2, -0.15) is 4.57 Å². The predicted molar refractivity (Wildman–Crippen MR) is 297 cm³/mol. The number of aliphatic hydroxyl groups excluding tert-OH is 2. The van der Waals surface area contributed by atoms with Gasteiger partial charge in [-0.3, -0.25) is 24.2 Å². The van der Waals surface area contributed by atoms with E-state index in [1.165, 1.54) is 24.8 Å². The molecule has 1 aromatic heterocycles. The Morgan fingerprint density at radius 3 is 2.46 bits per heavy atom. The first-order valence-corrected chi connectivity index (χ1v) is 30.8. The lowest BCUT2D eigenvalue weighted by Crippen LogP contribution is -3.00. The molecule has 1 saturated heterocycles. The highest BCUT2D eigenvalue weighted by Gasteiger charge is 2.76. The van der Waals surface area contributed by atoms with Crippen molar-refractivity contribution in [2.24, 2.45) is 34.5 Å². The van der Waals surface area contributed by atoms with Crippen LogP contribution >= 0.6 is 7.82 Å². The molecule has 1 aliphatic heterocycles. The molecule has 6 N–H and O–H groups in total. The third-order valence-corrected chi connectivity index (χ3v) is 18.9. The third-order valence-electron chi connectivity index (χ3n) is 18.5. The molecule has 2 heterocycles. The van der Waals surface area contributed by atoms with E-state index in [1.54, 1.807) is 47.2 Å². The number of nitrogens with one attached hydrogen (secondary N) is 2. The summed E-state index contributed by atoms with van der Waals surface area (Å²) in [5.74, 6) is -2.13. The summed E-state index contributed by atoms with van der Waals surface area (Å²) >= 11 is 0. The van der Waals surface area contributed by atoms with Crippen molar-refractivity contribution in [2.75, 3.05) is 32.9 Å². The summed E-state index contributed by atoms with van der Waals surface area (Å²) in [6, 6.07) is 17.0. The quantitative estimate of drug-likeness (QED) is 0.0271. The zero-order valence-electron chi connectivity index (χ0n) is 47.1. The minimum Gasteiger partial charge on any atom is -1.00 e. The van der Waals surface area contributed by atoms with Crippen molar-refractivity contribution in [3.05, 3.63) is 119 Å². The third kappa shape index (κ3) is 14.3. The Morgan fingerprint density at radius 1 is 0.938 bits per heavy atom. The van der Waals surface area contributed by atoms with E-state index in [0.29, 0.717) is 30.5 Å². The Bertz CT molecular complexity index is 2790. The molecular formula is C62H83ClN3O14P. The number of ether oxygens (including phenoxy) is 4. The number of amides is 1. The molecule has 1 amide bonds. The number of hydrogen-bond donors (Lipinski definition) is 6. The van der Waals surface area contributed by atoms with Crippen molar-refractivity contribution in [3.8, 4) is 5.75 Å². The van der Waals surface area contributed by atoms with E-state index in [4.69, 9.17) is 23.5 Å². The lowest BCUT2D eigenvalue weighted by Gasteiger charge is -2.59. The Labute approximate surface area is 482 Å². The zero-order valence-corrected chi connectivity index (χ0v) is 48.7. The summed E-state index contributed by atoms with van der Waals surface area (Å²) in [7, 11) is -4.98. The molecule has 5 fully saturated rings. The second-order valence-electron chi connectivity index (χ2n) is 23.8. The molecule has 5 aliphatic carbocycles. The Hall–Kier alpha value is -4.65. The molecule has 6 aliphatic rings. The average molecular weight is 1160 g/mol. The Morgan fingerprint density at radius 2 is 1.69 bits per heavy atom. The van der Waals surface area contributed by atoms with Crippen LogP contribution < -0.4 is 32.1 Å². The molecule has 11 atom stereocenters. The van der Waals surface area contributed by atoms with E-state index in [0.717, 1.165) is 102 Å². The Kier molecular flexibility index (Phi) is 21.1.